The highest BCUT2D eigenvalue weighted by Gasteiger charge is 2.26. The van der Waals surface area contributed by atoms with Gasteiger partial charge in [0, 0.05) is 5.69 Å². The third kappa shape index (κ3) is 7.04. The lowest BCUT2D eigenvalue weighted by Crippen LogP contribution is -2.16. The molecule has 296 valence electrons. The first-order chi connectivity index (χ1) is 28.1. The van der Waals surface area contributed by atoms with Crippen molar-refractivity contribution in [1.82, 2.24) is 24.7 Å². The molecule has 4 aromatic carbocycles. The predicted octanol–water partition coefficient (Wildman–Crippen LogP) is 13.7. The fourth-order valence-electron chi connectivity index (χ4n) is 7.69. The molecule has 10 nitrogen and oxygen atoms in total. The summed E-state index contributed by atoms with van der Waals surface area (Å²) in [6, 6.07) is 21.3. The average molecular weight is 815 g/mol. The summed E-state index contributed by atoms with van der Waals surface area (Å²) in [4.78, 5) is 17.7. The van der Waals surface area contributed by atoms with Crippen LogP contribution in [0.1, 0.15) is 72.5 Å². The minimum absolute atomic E-state index is 0.307. The van der Waals surface area contributed by atoms with Crippen molar-refractivity contribution in [3.05, 3.63) is 127 Å². The predicted molar refractivity (Wildman–Crippen MR) is 244 cm³/mol. The molecule has 0 saturated carbocycles. The second-order valence-electron chi connectivity index (χ2n) is 15.6. The first-order valence-electron chi connectivity index (χ1n) is 19.5. The van der Waals surface area contributed by atoms with Gasteiger partial charge < -0.3 is 5.32 Å². The number of anilines is 5. The number of hydrogen-bond acceptors (Lipinski definition) is 11. The minimum atomic E-state index is 0.307. The zero-order valence-electron chi connectivity index (χ0n) is 35.5. The van der Waals surface area contributed by atoms with Gasteiger partial charge in [0.2, 0.25) is 5.13 Å². The zero-order chi connectivity index (χ0) is 42.0. The fourth-order valence-corrected chi connectivity index (χ4v) is 9.79. The molecule has 4 heterocycles. The Hall–Kier alpha value is -6.29. The van der Waals surface area contributed by atoms with Crippen molar-refractivity contribution in [2.24, 2.45) is 10.2 Å². The van der Waals surface area contributed by atoms with E-state index in [1.807, 2.05) is 19.1 Å². The number of hydrogen-bond donors (Lipinski definition) is 1. The van der Waals surface area contributed by atoms with E-state index in [0.717, 1.165) is 70.3 Å². The molecule has 0 spiro atoms. The van der Waals surface area contributed by atoms with Crippen molar-refractivity contribution in [2.75, 3.05) is 10.2 Å². The molecule has 0 bridgehead atoms. The van der Waals surface area contributed by atoms with E-state index in [1.54, 1.807) is 22.9 Å². The van der Waals surface area contributed by atoms with Crippen molar-refractivity contribution >= 4 is 82.8 Å². The smallest absolute Gasteiger partial charge is 0.213 e. The van der Waals surface area contributed by atoms with Gasteiger partial charge in [0.25, 0.3) is 0 Å². The lowest BCUT2D eigenvalue weighted by molar-refractivity contribution is 0.848. The second-order valence-corrected chi connectivity index (χ2v) is 17.7. The number of pyridine rings is 1. The summed E-state index contributed by atoms with van der Waals surface area (Å²) >= 11 is 3.14. The summed E-state index contributed by atoms with van der Waals surface area (Å²) in [5.41, 5.74) is 17.7. The molecule has 4 aromatic heterocycles. The van der Waals surface area contributed by atoms with Gasteiger partial charge in [-0.3, -0.25) is 4.90 Å². The molecule has 0 amide bonds. The van der Waals surface area contributed by atoms with E-state index in [9.17, 15) is 5.26 Å². The second kappa shape index (κ2) is 15.1. The van der Waals surface area contributed by atoms with Crippen LogP contribution in [-0.4, -0.2) is 24.7 Å². The molecule has 0 atom stereocenters. The van der Waals surface area contributed by atoms with Gasteiger partial charge in [0.05, 0.1) is 31.8 Å². The van der Waals surface area contributed by atoms with Gasteiger partial charge in [-0.05, 0) is 175 Å². The highest BCUT2D eigenvalue weighted by Crippen LogP contribution is 2.46. The van der Waals surface area contributed by atoms with Crippen LogP contribution in [0.15, 0.2) is 64.8 Å². The third-order valence-corrected chi connectivity index (χ3v) is 13.4. The zero-order valence-corrected chi connectivity index (χ0v) is 37.2. The highest BCUT2D eigenvalue weighted by atomic mass is 32.1. The van der Waals surface area contributed by atoms with Crippen molar-refractivity contribution in [1.29, 1.82) is 5.26 Å². The summed E-state index contributed by atoms with van der Waals surface area (Å²) < 4.78 is 3.76. The van der Waals surface area contributed by atoms with Crippen LogP contribution in [-0.2, 0) is 0 Å². The maximum atomic E-state index is 10.4. The summed E-state index contributed by atoms with van der Waals surface area (Å²) in [6.45, 7) is 25.2. The van der Waals surface area contributed by atoms with Crippen molar-refractivity contribution in [3.8, 4) is 11.2 Å². The van der Waals surface area contributed by atoms with E-state index in [2.05, 4.69) is 128 Å². The maximum Gasteiger partial charge on any atom is 0.213 e. The molecule has 8 aromatic rings. The van der Waals surface area contributed by atoms with E-state index >= 15 is 0 Å². The van der Waals surface area contributed by atoms with Crippen LogP contribution >= 0.6 is 22.7 Å². The molecule has 0 fully saturated rings. The van der Waals surface area contributed by atoms with Crippen LogP contribution < -0.4 is 10.2 Å². The van der Waals surface area contributed by atoms with Crippen molar-refractivity contribution in [2.45, 2.75) is 83.1 Å². The van der Waals surface area contributed by atoms with Crippen LogP contribution in [0.5, 0.6) is 0 Å². The van der Waals surface area contributed by atoms with E-state index < -0.39 is 0 Å². The number of fused-ring (bicyclic) bond motifs is 2. The number of thiazole rings is 2. The molecular formula is C47H46N10S2. The minimum Gasteiger partial charge on any atom is -0.338 e. The topological polar surface area (TPSA) is 120 Å². The number of aryl methyl sites for hydroxylation is 8. The first kappa shape index (κ1) is 39.5. The van der Waals surface area contributed by atoms with E-state index in [4.69, 9.17) is 30.3 Å². The Bertz CT molecular complexity index is 3080. The van der Waals surface area contributed by atoms with Crippen LogP contribution in [0, 0.1) is 94.4 Å². The van der Waals surface area contributed by atoms with Gasteiger partial charge in [-0.2, -0.15) is 15.0 Å². The molecular weight excluding hydrogens is 769 g/mol. The Balaban J connectivity index is 1.36. The molecule has 0 unspecified atom stereocenters. The molecule has 0 aliphatic carbocycles. The Morgan fingerprint density at radius 2 is 1.27 bits per heavy atom. The molecule has 1 N–H and O–H groups in total. The molecule has 12 heteroatoms. The van der Waals surface area contributed by atoms with Crippen molar-refractivity contribution < 1.29 is 0 Å². The summed E-state index contributed by atoms with van der Waals surface area (Å²) in [5, 5.41) is 30.0. The number of benzene rings is 4. The van der Waals surface area contributed by atoms with Crippen LogP contribution in [0.3, 0.4) is 0 Å². The lowest BCUT2D eigenvalue weighted by atomic mass is 9.97. The fraction of sp³-hybridized carbons (Fsp3) is 0.255. The average Bonchev–Trinajstić information content (AvgIpc) is 3.89. The maximum absolute atomic E-state index is 10.4. The molecule has 0 aliphatic rings. The highest BCUT2D eigenvalue weighted by molar-refractivity contribution is 7.22. The third-order valence-electron chi connectivity index (χ3n) is 11.4. The number of rotatable bonds is 8. The Morgan fingerprint density at radius 1 is 0.644 bits per heavy atom. The SMILES string of the molecule is Cc1ccc2nc(N(c3cc(C)c(N=Nc4c(C#N)c(C)nn4-c4nc5ccc(C)cc5s4)c(Nc4c(C)cc(C)c(C)c4C)n3)c3c(C)cc(C)c(C)c3C)sc2c1. The molecule has 0 radical (unpaired) electrons. The normalized spacial score (nSPS) is 11.6. The molecule has 8 rings (SSSR count). The van der Waals surface area contributed by atoms with Crippen LogP contribution in [0.25, 0.3) is 25.6 Å². The summed E-state index contributed by atoms with van der Waals surface area (Å²) in [6.07, 6.45) is 0. The summed E-state index contributed by atoms with van der Waals surface area (Å²) in [5.74, 6) is 1.52. The first-order valence-corrected chi connectivity index (χ1v) is 21.2. The standard InChI is InChI=1S/C47H46N10S2/c1-23-13-15-36-38(17-23)58-46(49-36)56(43-29(7)20-26(4)31(9)33(43)11)40-21-28(6)42(44(51-40)52-41-27(5)19-25(3)30(8)32(41)10)53-54-45-35(22-48)34(12)55-57(45)47-50-37-16-14-24(2)18-39(37)59-47/h13-21H,1-12H3,(H,51,52). The Labute approximate surface area is 353 Å². The molecule has 0 aliphatic heterocycles. The van der Waals surface area contributed by atoms with E-state index in [-0.39, 0.29) is 0 Å². The van der Waals surface area contributed by atoms with Crippen molar-refractivity contribution in [3.63, 3.8) is 0 Å². The quantitative estimate of drug-likeness (QED) is 0.152. The number of nitrogens with one attached hydrogen (secondary N) is 1. The van der Waals surface area contributed by atoms with E-state index in [0.29, 0.717) is 39.5 Å². The number of azo groups is 1. The number of nitriles is 1. The van der Waals surface area contributed by atoms with Gasteiger partial charge in [-0.1, -0.05) is 46.9 Å². The number of nitrogens with zero attached hydrogens (tertiary/aromatic N) is 9. The van der Waals surface area contributed by atoms with Gasteiger partial charge in [-0.25, -0.2) is 15.0 Å². The van der Waals surface area contributed by atoms with Gasteiger partial charge >= 0.3 is 0 Å². The van der Waals surface area contributed by atoms with E-state index in [1.165, 1.54) is 39.2 Å². The van der Waals surface area contributed by atoms with Crippen LogP contribution in [0.2, 0.25) is 0 Å². The molecule has 59 heavy (non-hydrogen) atoms. The van der Waals surface area contributed by atoms with Gasteiger partial charge in [-0.15, -0.1) is 10.2 Å². The monoisotopic (exact) mass is 814 g/mol. The number of aromatic nitrogens is 5. The summed E-state index contributed by atoms with van der Waals surface area (Å²) in [7, 11) is 0. The largest absolute Gasteiger partial charge is 0.338 e. The Morgan fingerprint density at radius 3 is 1.95 bits per heavy atom. The lowest BCUT2D eigenvalue weighted by Gasteiger charge is -2.28. The Kier molecular flexibility index (Phi) is 10.1. The van der Waals surface area contributed by atoms with Gasteiger partial charge in [0.1, 0.15) is 23.1 Å². The van der Waals surface area contributed by atoms with Gasteiger partial charge in [0.15, 0.2) is 16.8 Å². The molecule has 0 saturated heterocycles. The van der Waals surface area contributed by atoms with Crippen LogP contribution in [0.4, 0.5) is 39.6 Å².